The highest BCUT2D eigenvalue weighted by molar-refractivity contribution is 5.44. The van der Waals surface area contributed by atoms with Crippen molar-refractivity contribution in [3.8, 4) is 0 Å². The summed E-state index contributed by atoms with van der Waals surface area (Å²) in [5.74, 6) is 1.03. The third-order valence-corrected chi connectivity index (χ3v) is 4.90. The molecule has 1 aliphatic carbocycles. The summed E-state index contributed by atoms with van der Waals surface area (Å²) in [6.45, 7) is 0. The van der Waals surface area contributed by atoms with Crippen LogP contribution in [0.15, 0.2) is 84.9 Å². The fourth-order valence-electron chi connectivity index (χ4n) is 3.89. The molecule has 0 saturated heterocycles. The van der Waals surface area contributed by atoms with Crippen molar-refractivity contribution in [1.29, 1.82) is 0 Å². The summed E-state index contributed by atoms with van der Waals surface area (Å²) in [5.41, 5.74) is 5.92. The standard InChI is InChI=1S/C22H20/c1-3-9-17(10-4-1)21-16-15-18-11-7-8-14-20(18)22(21)19-12-5-2-6-13-19/h1-14,21-22H,15-16H2. The van der Waals surface area contributed by atoms with Gasteiger partial charge in [0.15, 0.2) is 0 Å². The van der Waals surface area contributed by atoms with Crippen LogP contribution < -0.4 is 0 Å². The Morgan fingerprint density at radius 3 is 1.91 bits per heavy atom. The van der Waals surface area contributed by atoms with Crippen molar-refractivity contribution >= 4 is 0 Å². The second-order valence-corrected chi connectivity index (χ2v) is 6.14. The molecule has 0 fully saturated rings. The zero-order valence-electron chi connectivity index (χ0n) is 12.7. The molecule has 22 heavy (non-hydrogen) atoms. The Morgan fingerprint density at radius 2 is 1.18 bits per heavy atom. The summed E-state index contributed by atoms with van der Waals surface area (Å²) in [4.78, 5) is 0. The van der Waals surface area contributed by atoms with Crippen LogP contribution in [0.1, 0.15) is 40.5 Å². The summed E-state index contributed by atoms with van der Waals surface area (Å²) in [6.07, 6.45) is 2.40. The Kier molecular flexibility index (Phi) is 3.52. The van der Waals surface area contributed by atoms with E-state index in [-0.39, 0.29) is 0 Å². The lowest BCUT2D eigenvalue weighted by Gasteiger charge is -2.34. The Labute approximate surface area is 132 Å². The van der Waals surface area contributed by atoms with Crippen LogP contribution in [-0.2, 0) is 6.42 Å². The first-order valence-corrected chi connectivity index (χ1v) is 8.11. The van der Waals surface area contributed by atoms with E-state index in [1.165, 1.54) is 35.1 Å². The van der Waals surface area contributed by atoms with Crippen LogP contribution in [0.5, 0.6) is 0 Å². The Bertz CT molecular complexity index is 743. The van der Waals surface area contributed by atoms with Crippen molar-refractivity contribution < 1.29 is 0 Å². The first-order valence-electron chi connectivity index (χ1n) is 8.11. The van der Waals surface area contributed by atoms with Crippen LogP contribution in [-0.4, -0.2) is 0 Å². The van der Waals surface area contributed by atoms with E-state index in [1.54, 1.807) is 0 Å². The predicted molar refractivity (Wildman–Crippen MR) is 92.2 cm³/mol. The molecule has 0 amide bonds. The average molecular weight is 284 g/mol. The fourth-order valence-corrected chi connectivity index (χ4v) is 3.89. The lowest BCUT2D eigenvalue weighted by atomic mass is 9.69. The van der Waals surface area contributed by atoms with Gasteiger partial charge in [-0.2, -0.15) is 0 Å². The maximum atomic E-state index is 2.32. The number of rotatable bonds is 2. The minimum absolute atomic E-state index is 0.466. The smallest absolute Gasteiger partial charge is 0.0161 e. The third-order valence-electron chi connectivity index (χ3n) is 4.90. The van der Waals surface area contributed by atoms with E-state index in [2.05, 4.69) is 84.9 Å². The molecule has 0 N–H and O–H groups in total. The van der Waals surface area contributed by atoms with E-state index in [4.69, 9.17) is 0 Å². The molecule has 0 aromatic heterocycles. The SMILES string of the molecule is c1ccc(C2CCc3ccccc3C2c2ccccc2)cc1. The lowest BCUT2D eigenvalue weighted by Crippen LogP contribution is -2.20. The number of hydrogen-bond donors (Lipinski definition) is 0. The van der Waals surface area contributed by atoms with Gasteiger partial charge in [0.1, 0.15) is 0 Å². The molecular weight excluding hydrogens is 264 g/mol. The predicted octanol–water partition coefficient (Wildman–Crippen LogP) is 5.55. The van der Waals surface area contributed by atoms with E-state index in [0.717, 1.165) is 0 Å². The van der Waals surface area contributed by atoms with Crippen LogP contribution in [0.3, 0.4) is 0 Å². The molecule has 0 heterocycles. The lowest BCUT2D eigenvalue weighted by molar-refractivity contribution is 0.524. The molecule has 3 aromatic carbocycles. The van der Waals surface area contributed by atoms with E-state index in [0.29, 0.717) is 11.8 Å². The van der Waals surface area contributed by atoms with Gasteiger partial charge < -0.3 is 0 Å². The quantitative estimate of drug-likeness (QED) is 0.579. The fraction of sp³-hybridized carbons (Fsp3) is 0.182. The first kappa shape index (κ1) is 13.3. The zero-order valence-corrected chi connectivity index (χ0v) is 12.7. The van der Waals surface area contributed by atoms with E-state index in [9.17, 15) is 0 Å². The molecule has 3 aromatic rings. The number of benzene rings is 3. The van der Waals surface area contributed by atoms with Crippen molar-refractivity contribution in [1.82, 2.24) is 0 Å². The van der Waals surface area contributed by atoms with Gasteiger partial charge in [0, 0.05) is 5.92 Å². The maximum Gasteiger partial charge on any atom is 0.0161 e. The van der Waals surface area contributed by atoms with Crippen molar-refractivity contribution in [2.24, 2.45) is 0 Å². The van der Waals surface area contributed by atoms with Crippen LogP contribution in [0.4, 0.5) is 0 Å². The molecule has 0 saturated carbocycles. The number of fused-ring (bicyclic) bond motifs is 1. The van der Waals surface area contributed by atoms with Crippen LogP contribution >= 0.6 is 0 Å². The van der Waals surface area contributed by atoms with E-state index < -0.39 is 0 Å². The minimum Gasteiger partial charge on any atom is -0.0622 e. The molecular formula is C22H20. The first-order chi connectivity index (χ1) is 10.9. The monoisotopic (exact) mass is 284 g/mol. The molecule has 108 valence electrons. The van der Waals surface area contributed by atoms with Gasteiger partial charge in [-0.1, -0.05) is 84.9 Å². The normalized spacial score (nSPS) is 20.4. The molecule has 2 atom stereocenters. The molecule has 0 spiro atoms. The third kappa shape index (κ3) is 2.35. The molecule has 0 radical (unpaired) electrons. The summed E-state index contributed by atoms with van der Waals surface area (Å²) < 4.78 is 0. The van der Waals surface area contributed by atoms with Crippen molar-refractivity contribution in [2.75, 3.05) is 0 Å². The Balaban J connectivity index is 1.86. The van der Waals surface area contributed by atoms with Gasteiger partial charge in [0.25, 0.3) is 0 Å². The van der Waals surface area contributed by atoms with Crippen LogP contribution in [0.25, 0.3) is 0 Å². The molecule has 0 heteroatoms. The minimum atomic E-state index is 0.466. The molecule has 0 bridgehead atoms. The molecule has 2 unspecified atom stereocenters. The summed E-state index contributed by atoms with van der Waals surface area (Å²) in [7, 11) is 0. The van der Waals surface area contributed by atoms with Gasteiger partial charge in [-0.05, 0) is 41.0 Å². The van der Waals surface area contributed by atoms with Crippen molar-refractivity contribution in [3.05, 3.63) is 107 Å². The van der Waals surface area contributed by atoms with Gasteiger partial charge >= 0.3 is 0 Å². The molecule has 0 nitrogen and oxygen atoms in total. The number of hydrogen-bond acceptors (Lipinski definition) is 0. The summed E-state index contributed by atoms with van der Waals surface area (Å²) in [5, 5.41) is 0. The topological polar surface area (TPSA) is 0 Å². The van der Waals surface area contributed by atoms with Gasteiger partial charge in [-0.15, -0.1) is 0 Å². The molecule has 1 aliphatic rings. The van der Waals surface area contributed by atoms with Gasteiger partial charge in [-0.3, -0.25) is 0 Å². The highest BCUT2D eigenvalue weighted by Crippen LogP contribution is 2.45. The summed E-state index contributed by atoms with van der Waals surface area (Å²) in [6, 6.07) is 31.0. The molecule has 4 rings (SSSR count). The van der Waals surface area contributed by atoms with Crippen LogP contribution in [0, 0.1) is 0 Å². The van der Waals surface area contributed by atoms with Gasteiger partial charge in [-0.25, -0.2) is 0 Å². The highest BCUT2D eigenvalue weighted by atomic mass is 14.3. The van der Waals surface area contributed by atoms with Crippen molar-refractivity contribution in [3.63, 3.8) is 0 Å². The van der Waals surface area contributed by atoms with E-state index >= 15 is 0 Å². The zero-order chi connectivity index (χ0) is 14.8. The number of aryl methyl sites for hydroxylation is 1. The Hall–Kier alpha value is -2.34. The average Bonchev–Trinajstić information content (AvgIpc) is 2.62. The molecule has 0 aliphatic heterocycles. The second-order valence-electron chi connectivity index (χ2n) is 6.14. The highest BCUT2D eigenvalue weighted by Gasteiger charge is 2.31. The van der Waals surface area contributed by atoms with Crippen molar-refractivity contribution in [2.45, 2.75) is 24.7 Å². The second kappa shape index (κ2) is 5.81. The van der Waals surface area contributed by atoms with E-state index in [1.807, 2.05) is 0 Å². The van der Waals surface area contributed by atoms with Gasteiger partial charge in [0.05, 0.1) is 0 Å². The van der Waals surface area contributed by atoms with Gasteiger partial charge in [0.2, 0.25) is 0 Å². The van der Waals surface area contributed by atoms with Crippen LogP contribution in [0.2, 0.25) is 0 Å². The maximum absolute atomic E-state index is 2.32. The Morgan fingerprint density at radius 1 is 0.591 bits per heavy atom. The largest absolute Gasteiger partial charge is 0.0622 e. The summed E-state index contributed by atoms with van der Waals surface area (Å²) >= 11 is 0.